The van der Waals surface area contributed by atoms with Crippen molar-refractivity contribution in [1.82, 2.24) is 10.6 Å². The lowest BCUT2D eigenvalue weighted by Crippen LogP contribution is -2.43. The van der Waals surface area contributed by atoms with Gasteiger partial charge in [-0.1, -0.05) is 32.1 Å². The molecule has 1 fully saturated rings. The molecule has 0 aliphatic carbocycles. The highest BCUT2D eigenvalue weighted by molar-refractivity contribution is 5.90. The summed E-state index contributed by atoms with van der Waals surface area (Å²) in [4.78, 5) is 50.0. The van der Waals surface area contributed by atoms with Gasteiger partial charge in [-0.3, -0.25) is 14.4 Å². The van der Waals surface area contributed by atoms with Crippen LogP contribution in [0.5, 0.6) is 0 Å². The van der Waals surface area contributed by atoms with E-state index < -0.39 is 35.7 Å². The lowest BCUT2D eigenvalue weighted by Gasteiger charge is -2.23. The zero-order valence-corrected chi connectivity index (χ0v) is 20.6. The molecule has 8 nitrogen and oxygen atoms in total. The van der Waals surface area contributed by atoms with Crippen LogP contribution >= 0.6 is 0 Å². The molecule has 1 aliphatic heterocycles. The molecule has 0 radical (unpaired) electrons. The van der Waals surface area contributed by atoms with Crippen molar-refractivity contribution in [2.75, 3.05) is 13.2 Å². The van der Waals surface area contributed by atoms with Gasteiger partial charge in [0.2, 0.25) is 11.8 Å². The summed E-state index contributed by atoms with van der Waals surface area (Å²) in [6.07, 6.45) is 3.80. The number of halogens is 1. The SMILES string of the molecule is CCOC(=O)C=C[C@H](C[C@@H]1CCNC1=O)NC(=O)[C@@H](CC(=O)[C@@H](N)C(C)C)Cc1ccc(F)cc1. The molecular weight excluding hydrogens is 453 g/mol. The van der Waals surface area contributed by atoms with E-state index in [1.807, 2.05) is 13.8 Å². The number of esters is 1. The maximum atomic E-state index is 13.4. The average molecular weight is 490 g/mol. The van der Waals surface area contributed by atoms with Crippen LogP contribution in [0, 0.1) is 23.6 Å². The Morgan fingerprint density at radius 3 is 2.51 bits per heavy atom. The number of rotatable bonds is 13. The minimum atomic E-state index is -0.756. The van der Waals surface area contributed by atoms with E-state index in [2.05, 4.69) is 10.6 Å². The van der Waals surface area contributed by atoms with E-state index >= 15 is 0 Å². The molecule has 35 heavy (non-hydrogen) atoms. The summed E-state index contributed by atoms with van der Waals surface area (Å²) in [7, 11) is 0. The number of ketones is 1. The van der Waals surface area contributed by atoms with E-state index in [0.717, 1.165) is 0 Å². The minimum Gasteiger partial charge on any atom is -0.463 e. The van der Waals surface area contributed by atoms with E-state index in [9.17, 15) is 23.6 Å². The maximum absolute atomic E-state index is 13.4. The summed E-state index contributed by atoms with van der Waals surface area (Å²) in [5.74, 6) is -2.85. The van der Waals surface area contributed by atoms with Crippen LogP contribution in [-0.4, -0.2) is 48.8 Å². The number of nitrogens with one attached hydrogen (secondary N) is 2. The molecule has 1 aliphatic rings. The average Bonchev–Trinajstić information content (AvgIpc) is 3.22. The van der Waals surface area contributed by atoms with Crippen LogP contribution in [0.3, 0.4) is 0 Å². The highest BCUT2D eigenvalue weighted by Gasteiger charge is 2.30. The Bertz CT molecular complexity index is 916. The second kappa shape index (κ2) is 13.7. The molecule has 4 N–H and O–H groups in total. The Morgan fingerprint density at radius 2 is 1.94 bits per heavy atom. The normalized spacial score (nSPS) is 18.2. The smallest absolute Gasteiger partial charge is 0.330 e. The summed E-state index contributed by atoms with van der Waals surface area (Å²) in [6.45, 7) is 6.12. The predicted molar refractivity (Wildman–Crippen MR) is 129 cm³/mol. The molecule has 0 aromatic heterocycles. The molecule has 0 saturated carbocycles. The lowest BCUT2D eigenvalue weighted by molar-refractivity contribution is -0.137. The number of carbonyl (C=O) groups is 4. The quantitative estimate of drug-likeness (QED) is 0.287. The van der Waals surface area contributed by atoms with Gasteiger partial charge in [0.1, 0.15) is 5.82 Å². The van der Waals surface area contributed by atoms with Crippen molar-refractivity contribution in [3.8, 4) is 0 Å². The third-order valence-corrected chi connectivity index (χ3v) is 6.08. The number of nitrogens with two attached hydrogens (primary N) is 1. The number of amides is 2. The van der Waals surface area contributed by atoms with Crippen molar-refractivity contribution in [2.24, 2.45) is 23.5 Å². The van der Waals surface area contributed by atoms with Crippen molar-refractivity contribution in [2.45, 2.75) is 58.5 Å². The fraction of sp³-hybridized carbons (Fsp3) is 0.538. The molecule has 1 aromatic carbocycles. The summed E-state index contributed by atoms with van der Waals surface area (Å²) < 4.78 is 18.3. The van der Waals surface area contributed by atoms with Crippen molar-refractivity contribution >= 4 is 23.6 Å². The summed E-state index contributed by atoms with van der Waals surface area (Å²) in [5.41, 5.74) is 6.72. The van der Waals surface area contributed by atoms with Gasteiger partial charge in [-0.25, -0.2) is 9.18 Å². The van der Waals surface area contributed by atoms with Gasteiger partial charge in [0.15, 0.2) is 5.78 Å². The van der Waals surface area contributed by atoms with Gasteiger partial charge in [-0.2, -0.15) is 0 Å². The predicted octanol–water partition coefficient (Wildman–Crippen LogP) is 2.06. The fourth-order valence-corrected chi connectivity index (χ4v) is 3.96. The van der Waals surface area contributed by atoms with Gasteiger partial charge in [-0.05, 0) is 49.8 Å². The molecule has 192 valence electrons. The Labute approximate surface area is 205 Å². The lowest BCUT2D eigenvalue weighted by atomic mass is 9.88. The molecule has 2 rings (SSSR count). The summed E-state index contributed by atoms with van der Waals surface area (Å²) >= 11 is 0. The van der Waals surface area contributed by atoms with Gasteiger partial charge >= 0.3 is 5.97 Å². The number of Topliss-reactive ketones (excluding diaryl/α,β-unsaturated/α-hetero) is 1. The van der Waals surface area contributed by atoms with E-state index in [0.29, 0.717) is 24.9 Å². The molecule has 0 unspecified atom stereocenters. The Kier molecular flexibility index (Phi) is 11.0. The number of hydrogen-bond donors (Lipinski definition) is 3. The monoisotopic (exact) mass is 489 g/mol. The van der Waals surface area contributed by atoms with Gasteiger partial charge in [0, 0.05) is 36.9 Å². The first-order valence-corrected chi connectivity index (χ1v) is 12.1. The molecule has 0 bridgehead atoms. The maximum Gasteiger partial charge on any atom is 0.330 e. The molecule has 2 amide bonds. The van der Waals surface area contributed by atoms with Crippen molar-refractivity contribution in [1.29, 1.82) is 0 Å². The number of hydrogen-bond acceptors (Lipinski definition) is 6. The Morgan fingerprint density at radius 1 is 1.26 bits per heavy atom. The van der Waals surface area contributed by atoms with Gasteiger partial charge in [-0.15, -0.1) is 0 Å². The molecule has 1 aromatic rings. The van der Waals surface area contributed by atoms with Crippen LogP contribution in [0.1, 0.15) is 45.6 Å². The van der Waals surface area contributed by atoms with Crippen LogP contribution in [0.15, 0.2) is 36.4 Å². The van der Waals surface area contributed by atoms with E-state index in [1.54, 1.807) is 19.1 Å². The fourth-order valence-electron chi connectivity index (χ4n) is 3.96. The van der Waals surface area contributed by atoms with E-state index in [-0.39, 0.29) is 43.0 Å². The largest absolute Gasteiger partial charge is 0.463 e. The third-order valence-electron chi connectivity index (χ3n) is 6.08. The summed E-state index contributed by atoms with van der Waals surface area (Å²) in [5, 5.41) is 5.65. The topological polar surface area (TPSA) is 128 Å². The number of ether oxygens (including phenoxy) is 1. The van der Waals surface area contributed by atoms with Gasteiger partial charge < -0.3 is 21.1 Å². The van der Waals surface area contributed by atoms with Crippen LogP contribution in [0.25, 0.3) is 0 Å². The van der Waals surface area contributed by atoms with Crippen LogP contribution in [-0.2, 0) is 30.3 Å². The van der Waals surface area contributed by atoms with Crippen LogP contribution in [0.2, 0.25) is 0 Å². The van der Waals surface area contributed by atoms with Crippen molar-refractivity contribution in [3.05, 3.63) is 47.8 Å². The van der Waals surface area contributed by atoms with Crippen molar-refractivity contribution < 1.29 is 28.3 Å². The van der Waals surface area contributed by atoms with Crippen LogP contribution < -0.4 is 16.4 Å². The van der Waals surface area contributed by atoms with E-state index in [4.69, 9.17) is 10.5 Å². The molecule has 9 heteroatoms. The summed E-state index contributed by atoms with van der Waals surface area (Å²) in [6, 6.07) is 4.42. The second-order valence-electron chi connectivity index (χ2n) is 9.21. The van der Waals surface area contributed by atoms with Crippen LogP contribution in [0.4, 0.5) is 4.39 Å². The first kappa shape index (κ1) is 28.2. The number of benzene rings is 1. The molecular formula is C26H36FN3O5. The first-order chi connectivity index (χ1) is 16.6. The standard InChI is InChI=1S/C26H36FN3O5/c1-4-35-23(32)10-9-21(14-18-11-12-29-25(18)33)30-26(34)19(15-22(31)24(28)16(2)3)13-17-5-7-20(27)8-6-17/h5-10,16,18-19,21,24H,4,11-15,28H2,1-3H3,(H,29,33)(H,30,34)/t18-,19+,21+,24-/m0/s1. The van der Waals surface area contributed by atoms with Crippen molar-refractivity contribution in [3.63, 3.8) is 0 Å². The van der Waals surface area contributed by atoms with Gasteiger partial charge in [0.05, 0.1) is 12.6 Å². The molecule has 0 spiro atoms. The zero-order chi connectivity index (χ0) is 26.0. The molecule has 1 heterocycles. The number of carbonyl (C=O) groups excluding carboxylic acids is 4. The second-order valence-corrected chi connectivity index (χ2v) is 9.21. The molecule has 4 atom stereocenters. The minimum absolute atomic E-state index is 0.0826. The zero-order valence-electron chi connectivity index (χ0n) is 20.6. The first-order valence-electron chi connectivity index (χ1n) is 12.1. The highest BCUT2D eigenvalue weighted by Crippen LogP contribution is 2.20. The van der Waals surface area contributed by atoms with E-state index in [1.165, 1.54) is 24.3 Å². The highest BCUT2D eigenvalue weighted by atomic mass is 19.1. The Balaban J connectivity index is 2.22. The molecule has 1 saturated heterocycles. The Hall–Kier alpha value is -3.07. The third kappa shape index (κ3) is 9.24. The van der Waals surface area contributed by atoms with Gasteiger partial charge in [0.25, 0.3) is 0 Å².